The quantitative estimate of drug-likeness (QED) is 0.725. The van der Waals surface area contributed by atoms with Gasteiger partial charge in [-0.3, -0.25) is 0 Å². The molecular weight excluding hydrogens is 304 g/mol. The predicted octanol–water partition coefficient (Wildman–Crippen LogP) is 2.82. The van der Waals surface area contributed by atoms with Crippen molar-refractivity contribution < 1.29 is 9.84 Å². The van der Waals surface area contributed by atoms with Crippen molar-refractivity contribution in [3.05, 3.63) is 48.8 Å². The number of aliphatic hydroxyl groups is 1. The smallest absolute Gasteiger partial charge is 0.248 e. The van der Waals surface area contributed by atoms with E-state index < -0.39 is 0 Å². The number of fused-ring (bicyclic) bond motifs is 1. The van der Waals surface area contributed by atoms with Gasteiger partial charge in [-0.1, -0.05) is 36.4 Å². The molecule has 3 rings (SSSR count). The molecule has 0 bridgehead atoms. The number of aromatic nitrogens is 2. The first-order valence-corrected chi connectivity index (χ1v) is 7.86. The number of rotatable bonds is 6. The maximum Gasteiger partial charge on any atom is 0.248 e. The van der Waals surface area contributed by atoms with Crippen LogP contribution in [0.1, 0.15) is 6.92 Å². The van der Waals surface area contributed by atoms with Gasteiger partial charge >= 0.3 is 0 Å². The summed E-state index contributed by atoms with van der Waals surface area (Å²) >= 11 is 0. The van der Waals surface area contributed by atoms with Crippen molar-refractivity contribution in [2.45, 2.75) is 6.92 Å². The molecule has 6 heteroatoms. The molecule has 124 valence electrons. The number of aliphatic hydroxyl groups excluding tert-OH is 1. The molecule has 0 aliphatic rings. The standard InChI is InChI=1S/C18H20N4O2/c1-2-22(10-11-23)17-16(19)18(21-12-20-17)24-15-9-5-7-13-6-3-4-8-14(13)15/h3-9,12,23H,2,10-11,19H2,1H3. The predicted molar refractivity (Wildman–Crippen MR) is 95.4 cm³/mol. The molecule has 24 heavy (non-hydrogen) atoms. The summed E-state index contributed by atoms with van der Waals surface area (Å²) < 4.78 is 5.97. The van der Waals surface area contributed by atoms with Gasteiger partial charge in [0.05, 0.1) is 6.61 Å². The van der Waals surface area contributed by atoms with Crippen LogP contribution in [-0.4, -0.2) is 34.8 Å². The van der Waals surface area contributed by atoms with Crippen LogP contribution in [0.3, 0.4) is 0 Å². The van der Waals surface area contributed by atoms with Crippen LogP contribution in [0.15, 0.2) is 48.8 Å². The lowest BCUT2D eigenvalue weighted by Crippen LogP contribution is -2.28. The number of nitrogen functional groups attached to an aromatic ring is 1. The van der Waals surface area contributed by atoms with Crippen molar-refractivity contribution in [3.63, 3.8) is 0 Å². The molecule has 0 saturated carbocycles. The summed E-state index contributed by atoms with van der Waals surface area (Å²) in [6, 6.07) is 13.8. The minimum atomic E-state index is 0.0246. The lowest BCUT2D eigenvalue weighted by Gasteiger charge is -2.22. The molecule has 0 spiro atoms. The first-order chi connectivity index (χ1) is 11.7. The molecule has 0 unspecified atom stereocenters. The fourth-order valence-corrected chi connectivity index (χ4v) is 2.63. The van der Waals surface area contributed by atoms with E-state index in [0.29, 0.717) is 36.2 Å². The van der Waals surface area contributed by atoms with Crippen LogP contribution < -0.4 is 15.4 Å². The third-order valence-electron chi connectivity index (χ3n) is 3.83. The van der Waals surface area contributed by atoms with Crippen LogP contribution in [-0.2, 0) is 0 Å². The highest BCUT2D eigenvalue weighted by atomic mass is 16.5. The van der Waals surface area contributed by atoms with Gasteiger partial charge in [-0.2, -0.15) is 4.98 Å². The van der Waals surface area contributed by atoms with Crippen molar-refractivity contribution in [1.82, 2.24) is 9.97 Å². The molecule has 1 aromatic heterocycles. The Bertz CT molecular complexity index is 833. The Kier molecular flexibility index (Phi) is 4.77. The fraction of sp³-hybridized carbons (Fsp3) is 0.222. The molecule has 1 heterocycles. The summed E-state index contributed by atoms with van der Waals surface area (Å²) in [4.78, 5) is 10.3. The summed E-state index contributed by atoms with van der Waals surface area (Å²) in [7, 11) is 0. The Morgan fingerprint density at radius 3 is 2.71 bits per heavy atom. The normalized spacial score (nSPS) is 10.8. The van der Waals surface area contributed by atoms with Gasteiger partial charge in [-0.25, -0.2) is 4.98 Å². The molecule has 0 saturated heterocycles. The van der Waals surface area contributed by atoms with E-state index in [2.05, 4.69) is 9.97 Å². The van der Waals surface area contributed by atoms with Crippen LogP contribution in [0.5, 0.6) is 11.6 Å². The zero-order valence-electron chi connectivity index (χ0n) is 13.5. The molecule has 0 amide bonds. The highest BCUT2D eigenvalue weighted by molar-refractivity contribution is 5.88. The highest BCUT2D eigenvalue weighted by Gasteiger charge is 2.16. The van der Waals surface area contributed by atoms with Gasteiger partial charge in [0.1, 0.15) is 17.8 Å². The number of nitrogens with zero attached hydrogens (tertiary/aromatic N) is 3. The maximum atomic E-state index is 9.19. The molecule has 0 radical (unpaired) electrons. The Labute approximate surface area is 140 Å². The van der Waals surface area contributed by atoms with Crippen molar-refractivity contribution in [1.29, 1.82) is 0 Å². The number of likely N-dealkylation sites (N-methyl/N-ethyl adjacent to an activating group) is 1. The largest absolute Gasteiger partial charge is 0.436 e. The van der Waals surface area contributed by atoms with E-state index in [1.165, 1.54) is 6.33 Å². The molecule has 6 nitrogen and oxygen atoms in total. The van der Waals surface area contributed by atoms with E-state index in [9.17, 15) is 5.11 Å². The number of hydrogen-bond donors (Lipinski definition) is 2. The zero-order chi connectivity index (χ0) is 16.9. The van der Waals surface area contributed by atoms with Crippen LogP contribution in [0.4, 0.5) is 11.5 Å². The molecule has 0 atom stereocenters. The van der Waals surface area contributed by atoms with Crippen LogP contribution in [0, 0.1) is 0 Å². The molecule has 2 aromatic carbocycles. The summed E-state index contributed by atoms with van der Waals surface area (Å²) in [6.07, 6.45) is 1.42. The summed E-state index contributed by atoms with van der Waals surface area (Å²) in [6.45, 7) is 3.13. The maximum absolute atomic E-state index is 9.19. The van der Waals surface area contributed by atoms with E-state index in [0.717, 1.165) is 10.8 Å². The SMILES string of the molecule is CCN(CCO)c1ncnc(Oc2cccc3ccccc23)c1N. The van der Waals surface area contributed by atoms with E-state index in [1.54, 1.807) is 0 Å². The number of anilines is 2. The lowest BCUT2D eigenvalue weighted by molar-refractivity contribution is 0.302. The van der Waals surface area contributed by atoms with Crippen LogP contribution in [0.25, 0.3) is 10.8 Å². The van der Waals surface area contributed by atoms with Crippen molar-refractivity contribution in [2.24, 2.45) is 0 Å². The number of benzene rings is 2. The topological polar surface area (TPSA) is 84.5 Å². The van der Waals surface area contributed by atoms with E-state index in [1.807, 2.05) is 54.3 Å². The Balaban J connectivity index is 1.98. The Morgan fingerprint density at radius 2 is 1.92 bits per heavy atom. The van der Waals surface area contributed by atoms with Gasteiger partial charge in [-0.15, -0.1) is 0 Å². The van der Waals surface area contributed by atoms with Gasteiger partial charge < -0.3 is 20.5 Å². The Hall–Kier alpha value is -2.86. The van der Waals surface area contributed by atoms with Gasteiger partial charge in [0, 0.05) is 18.5 Å². The average molecular weight is 324 g/mol. The third-order valence-corrected chi connectivity index (χ3v) is 3.83. The average Bonchev–Trinajstić information content (AvgIpc) is 2.62. The zero-order valence-corrected chi connectivity index (χ0v) is 13.5. The molecule has 0 fully saturated rings. The van der Waals surface area contributed by atoms with Crippen molar-refractivity contribution in [2.75, 3.05) is 30.3 Å². The van der Waals surface area contributed by atoms with Crippen molar-refractivity contribution in [3.8, 4) is 11.6 Å². The van der Waals surface area contributed by atoms with Crippen LogP contribution in [0.2, 0.25) is 0 Å². The first kappa shape index (κ1) is 16.0. The number of hydrogen-bond acceptors (Lipinski definition) is 6. The Morgan fingerprint density at radius 1 is 1.12 bits per heavy atom. The fourth-order valence-electron chi connectivity index (χ4n) is 2.63. The van der Waals surface area contributed by atoms with Crippen molar-refractivity contribution >= 4 is 22.3 Å². The molecule has 3 N–H and O–H groups in total. The number of nitrogens with two attached hydrogens (primary N) is 1. The van der Waals surface area contributed by atoms with Crippen LogP contribution >= 0.6 is 0 Å². The highest BCUT2D eigenvalue weighted by Crippen LogP contribution is 2.34. The second kappa shape index (κ2) is 7.14. The third kappa shape index (κ3) is 3.09. The first-order valence-electron chi connectivity index (χ1n) is 7.86. The van der Waals surface area contributed by atoms with Gasteiger partial charge in [0.15, 0.2) is 5.82 Å². The monoisotopic (exact) mass is 324 g/mol. The van der Waals surface area contributed by atoms with Gasteiger partial charge in [0.2, 0.25) is 5.88 Å². The molecule has 0 aliphatic carbocycles. The minimum Gasteiger partial charge on any atom is -0.436 e. The summed E-state index contributed by atoms with van der Waals surface area (Å²) in [5.41, 5.74) is 6.57. The second-order valence-electron chi connectivity index (χ2n) is 5.30. The molecule has 3 aromatic rings. The minimum absolute atomic E-state index is 0.0246. The summed E-state index contributed by atoms with van der Waals surface area (Å²) in [5, 5.41) is 11.3. The van der Waals surface area contributed by atoms with E-state index in [-0.39, 0.29) is 6.61 Å². The molecule has 0 aliphatic heterocycles. The molecular formula is C18H20N4O2. The number of ether oxygens (including phenoxy) is 1. The van der Waals surface area contributed by atoms with Gasteiger partial charge in [0.25, 0.3) is 0 Å². The van der Waals surface area contributed by atoms with E-state index >= 15 is 0 Å². The van der Waals surface area contributed by atoms with E-state index in [4.69, 9.17) is 10.5 Å². The van der Waals surface area contributed by atoms with Gasteiger partial charge in [-0.05, 0) is 18.4 Å². The summed E-state index contributed by atoms with van der Waals surface area (Å²) in [5.74, 6) is 1.57. The second-order valence-corrected chi connectivity index (χ2v) is 5.30. The lowest BCUT2D eigenvalue weighted by atomic mass is 10.1.